The molecule has 0 spiro atoms. The van der Waals surface area contributed by atoms with Crippen molar-refractivity contribution in [3.8, 4) is 11.8 Å². The first kappa shape index (κ1) is 20.4. The largest absolute Gasteiger partial charge is 0.491 e. The first-order valence-electron chi connectivity index (χ1n) is 8.74. The van der Waals surface area contributed by atoms with Gasteiger partial charge in [-0.25, -0.2) is 0 Å². The van der Waals surface area contributed by atoms with Crippen LogP contribution in [0.3, 0.4) is 0 Å². The molecule has 0 aromatic heterocycles. The summed E-state index contributed by atoms with van der Waals surface area (Å²) in [5.41, 5.74) is 3.52. The molecule has 0 saturated carbocycles. The van der Waals surface area contributed by atoms with E-state index in [4.69, 9.17) is 10.00 Å². The molecule has 1 unspecified atom stereocenters. The molecule has 0 aliphatic heterocycles. The second-order valence-electron chi connectivity index (χ2n) is 6.59. The Bertz CT molecular complexity index is 812. The predicted molar refractivity (Wildman–Crippen MR) is 105 cm³/mol. The molecule has 6 nitrogen and oxygen atoms in total. The van der Waals surface area contributed by atoms with E-state index in [1.165, 1.54) is 0 Å². The van der Waals surface area contributed by atoms with Crippen LogP contribution in [0.25, 0.3) is 0 Å². The molecule has 2 aromatic rings. The molecular weight excluding hydrogens is 342 g/mol. The highest BCUT2D eigenvalue weighted by Gasteiger charge is 2.13. The Morgan fingerprint density at radius 1 is 1.26 bits per heavy atom. The third-order valence-corrected chi connectivity index (χ3v) is 4.24. The number of carbonyl (C=O) groups excluding carboxylic acids is 1. The number of benzene rings is 2. The van der Waals surface area contributed by atoms with Crippen LogP contribution >= 0.6 is 0 Å². The second-order valence-corrected chi connectivity index (χ2v) is 6.59. The highest BCUT2D eigenvalue weighted by atomic mass is 16.5. The summed E-state index contributed by atoms with van der Waals surface area (Å²) in [6, 6.07) is 14.5. The monoisotopic (exact) mass is 367 g/mol. The molecule has 0 heterocycles. The molecule has 0 bridgehead atoms. The molecule has 2 aromatic carbocycles. The summed E-state index contributed by atoms with van der Waals surface area (Å²) in [4.78, 5) is 14.0. The number of nitrogens with zero attached hydrogens (tertiary/aromatic N) is 2. The van der Waals surface area contributed by atoms with Gasteiger partial charge in [0.25, 0.3) is 0 Å². The highest BCUT2D eigenvalue weighted by Crippen LogP contribution is 2.17. The number of carbonyl (C=O) groups is 1. The Hall–Kier alpha value is -2.88. The quantitative estimate of drug-likeness (QED) is 0.749. The Morgan fingerprint density at radius 2 is 1.96 bits per heavy atom. The number of hydrogen-bond acceptors (Lipinski definition) is 5. The van der Waals surface area contributed by atoms with Crippen molar-refractivity contribution in [2.75, 3.05) is 32.1 Å². The lowest BCUT2D eigenvalue weighted by Gasteiger charge is -2.20. The molecule has 6 heteroatoms. The second kappa shape index (κ2) is 9.72. The van der Waals surface area contributed by atoms with Crippen molar-refractivity contribution in [3.05, 3.63) is 59.2 Å². The fourth-order valence-corrected chi connectivity index (χ4v) is 2.62. The van der Waals surface area contributed by atoms with Crippen LogP contribution in [-0.4, -0.2) is 48.8 Å². The van der Waals surface area contributed by atoms with Gasteiger partial charge in [-0.15, -0.1) is 0 Å². The zero-order valence-corrected chi connectivity index (χ0v) is 15.9. The van der Waals surface area contributed by atoms with Gasteiger partial charge in [0.1, 0.15) is 18.5 Å². The van der Waals surface area contributed by atoms with Crippen LogP contribution in [-0.2, 0) is 4.79 Å². The minimum absolute atomic E-state index is 0.106. The number of aliphatic hydroxyl groups is 1. The SMILES string of the molecule is Cc1cccc(NC(=O)CN(C)CC(O)COc2ccc(C#N)cc2)c1C. The average Bonchev–Trinajstić information content (AvgIpc) is 2.64. The number of ether oxygens (including phenoxy) is 1. The summed E-state index contributed by atoms with van der Waals surface area (Å²) in [6.07, 6.45) is -0.737. The minimum atomic E-state index is -0.737. The highest BCUT2D eigenvalue weighted by molar-refractivity contribution is 5.93. The fourth-order valence-electron chi connectivity index (χ4n) is 2.62. The lowest BCUT2D eigenvalue weighted by molar-refractivity contribution is -0.117. The molecule has 142 valence electrons. The minimum Gasteiger partial charge on any atom is -0.491 e. The number of aryl methyl sites for hydroxylation is 1. The molecule has 0 saturated heterocycles. The first-order valence-corrected chi connectivity index (χ1v) is 8.74. The maximum atomic E-state index is 12.2. The Morgan fingerprint density at radius 3 is 2.63 bits per heavy atom. The maximum Gasteiger partial charge on any atom is 0.238 e. The summed E-state index contributed by atoms with van der Waals surface area (Å²) in [5.74, 6) is 0.453. The third-order valence-electron chi connectivity index (χ3n) is 4.24. The van der Waals surface area contributed by atoms with Gasteiger partial charge in [0.05, 0.1) is 18.2 Å². The van der Waals surface area contributed by atoms with E-state index in [-0.39, 0.29) is 19.1 Å². The van der Waals surface area contributed by atoms with Crippen LogP contribution in [0.4, 0.5) is 5.69 Å². The van der Waals surface area contributed by atoms with Gasteiger partial charge < -0.3 is 15.2 Å². The Kier molecular flexibility index (Phi) is 7.35. The van der Waals surface area contributed by atoms with Crippen molar-refractivity contribution in [2.45, 2.75) is 20.0 Å². The molecule has 1 atom stereocenters. The fraction of sp³-hybridized carbons (Fsp3) is 0.333. The zero-order valence-electron chi connectivity index (χ0n) is 15.9. The van der Waals surface area contributed by atoms with Crippen molar-refractivity contribution in [1.29, 1.82) is 5.26 Å². The van der Waals surface area contributed by atoms with Crippen LogP contribution in [0, 0.1) is 25.2 Å². The van der Waals surface area contributed by atoms with Gasteiger partial charge in [0, 0.05) is 12.2 Å². The van der Waals surface area contributed by atoms with Crippen molar-refractivity contribution < 1.29 is 14.6 Å². The van der Waals surface area contributed by atoms with E-state index >= 15 is 0 Å². The number of aliphatic hydroxyl groups excluding tert-OH is 1. The van der Waals surface area contributed by atoms with Gasteiger partial charge in [0.15, 0.2) is 0 Å². The first-order chi connectivity index (χ1) is 12.9. The van der Waals surface area contributed by atoms with Gasteiger partial charge in [-0.3, -0.25) is 9.69 Å². The molecular formula is C21H25N3O3. The molecule has 2 N–H and O–H groups in total. The summed E-state index contributed by atoms with van der Waals surface area (Å²) < 4.78 is 5.51. The van der Waals surface area contributed by atoms with E-state index in [1.54, 1.807) is 36.2 Å². The van der Waals surface area contributed by atoms with Crippen LogP contribution in [0.15, 0.2) is 42.5 Å². The number of rotatable bonds is 8. The number of hydrogen-bond donors (Lipinski definition) is 2. The van der Waals surface area contributed by atoms with Crippen molar-refractivity contribution in [3.63, 3.8) is 0 Å². The van der Waals surface area contributed by atoms with Gasteiger partial charge in [-0.05, 0) is 62.4 Å². The van der Waals surface area contributed by atoms with Crippen molar-refractivity contribution >= 4 is 11.6 Å². The molecule has 0 radical (unpaired) electrons. The summed E-state index contributed by atoms with van der Waals surface area (Å²) in [6.45, 7) is 4.55. The van der Waals surface area contributed by atoms with Gasteiger partial charge in [-0.2, -0.15) is 5.26 Å². The molecule has 27 heavy (non-hydrogen) atoms. The lowest BCUT2D eigenvalue weighted by Crippen LogP contribution is -2.37. The van der Waals surface area contributed by atoms with Gasteiger partial charge >= 0.3 is 0 Å². The molecule has 1 amide bonds. The summed E-state index contributed by atoms with van der Waals surface area (Å²) >= 11 is 0. The normalized spacial score (nSPS) is 11.7. The summed E-state index contributed by atoms with van der Waals surface area (Å²) in [5, 5.41) is 21.8. The van der Waals surface area contributed by atoms with E-state index < -0.39 is 6.10 Å². The van der Waals surface area contributed by atoms with Crippen LogP contribution in [0.1, 0.15) is 16.7 Å². The van der Waals surface area contributed by atoms with E-state index in [0.29, 0.717) is 17.9 Å². The molecule has 2 rings (SSSR count). The summed E-state index contributed by atoms with van der Waals surface area (Å²) in [7, 11) is 1.77. The van der Waals surface area contributed by atoms with Crippen LogP contribution in [0.2, 0.25) is 0 Å². The molecule has 0 fully saturated rings. The number of likely N-dealkylation sites (N-methyl/N-ethyl adjacent to an activating group) is 1. The smallest absolute Gasteiger partial charge is 0.238 e. The van der Waals surface area contributed by atoms with E-state index in [0.717, 1.165) is 16.8 Å². The van der Waals surface area contributed by atoms with Gasteiger partial charge in [-0.1, -0.05) is 12.1 Å². The standard InChI is InChI=1S/C21H25N3O3/c1-15-5-4-6-20(16(15)2)23-21(26)13-24(3)12-18(25)14-27-19-9-7-17(11-22)8-10-19/h4-10,18,25H,12-14H2,1-3H3,(H,23,26). The van der Waals surface area contributed by atoms with Crippen LogP contribution < -0.4 is 10.1 Å². The average molecular weight is 367 g/mol. The topological polar surface area (TPSA) is 85.6 Å². The van der Waals surface area contributed by atoms with E-state index in [2.05, 4.69) is 5.32 Å². The van der Waals surface area contributed by atoms with E-state index in [1.807, 2.05) is 38.1 Å². The third kappa shape index (κ3) is 6.41. The number of nitriles is 1. The predicted octanol–water partition coefficient (Wildman–Crippen LogP) is 2.49. The van der Waals surface area contributed by atoms with Gasteiger partial charge in [0.2, 0.25) is 5.91 Å². The number of anilines is 1. The lowest BCUT2D eigenvalue weighted by atomic mass is 10.1. The maximum absolute atomic E-state index is 12.2. The van der Waals surface area contributed by atoms with Crippen molar-refractivity contribution in [2.24, 2.45) is 0 Å². The molecule has 0 aliphatic carbocycles. The van der Waals surface area contributed by atoms with E-state index in [9.17, 15) is 9.90 Å². The zero-order chi connectivity index (χ0) is 19.8. The number of nitrogens with one attached hydrogen (secondary N) is 1. The van der Waals surface area contributed by atoms with Crippen LogP contribution in [0.5, 0.6) is 5.75 Å². The Labute approximate surface area is 160 Å². The Balaban J connectivity index is 1.76. The number of amides is 1. The van der Waals surface area contributed by atoms with Crippen molar-refractivity contribution in [1.82, 2.24) is 4.90 Å². The molecule has 0 aliphatic rings.